The second kappa shape index (κ2) is 10.2. The van der Waals surface area contributed by atoms with Crippen LogP contribution < -0.4 is 10.6 Å². The van der Waals surface area contributed by atoms with Gasteiger partial charge in [0.25, 0.3) is 5.91 Å². The molecule has 1 aliphatic rings. The molecular weight excluding hydrogens is 352 g/mol. The number of ether oxygens (including phenoxy) is 1. The van der Waals surface area contributed by atoms with Gasteiger partial charge in [-0.3, -0.25) is 14.4 Å². The van der Waals surface area contributed by atoms with Gasteiger partial charge in [0, 0.05) is 23.9 Å². The van der Waals surface area contributed by atoms with Gasteiger partial charge in [0.05, 0.1) is 12.7 Å². The van der Waals surface area contributed by atoms with E-state index in [1.54, 1.807) is 25.1 Å². The number of hydrogen-bond acceptors (Lipinski definition) is 5. The van der Waals surface area contributed by atoms with Gasteiger partial charge in [0.15, 0.2) is 0 Å². The highest BCUT2D eigenvalue weighted by atomic mass is 32.2. The second-order valence-corrected chi connectivity index (χ2v) is 7.72. The first kappa shape index (κ1) is 20.3. The van der Waals surface area contributed by atoms with E-state index in [1.165, 1.54) is 31.7 Å². The van der Waals surface area contributed by atoms with Gasteiger partial charge in [0.2, 0.25) is 5.91 Å². The molecule has 1 aromatic carbocycles. The number of rotatable bonds is 8. The summed E-state index contributed by atoms with van der Waals surface area (Å²) in [6.45, 7) is 2.02. The predicted octanol–water partition coefficient (Wildman–Crippen LogP) is 2.52. The Morgan fingerprint density at radius 2 is 1.92 bits per heavy atom. The summed E-state index contributed by atoms with van der Waals surface area (Å²) in [6, 6.07) is 7.38. The molecule has 1 aromatic rings. The molecule has 0 heterocycles. The highest BCUT2D eigenvalue weighted by molar-refractivity contribution is 8.00. The fraction of sp³-hybridized carbons (Fsp3) is 0.526. The lowest BCUT2D eigenvalue weighted by molar-refractivity contribution is -0.139. The van der Waals surface area contributed by atoms with E-state index >= 15 is 0 Å². The van der Waals surface area contributed by atoms with E-state index in [-0.39, 0.29) is 36.8 Å². The van der Waals surface area contributed by atoms with E-state index in [0.717, 1.165) is 12.8 Å². The number of benzene rings is 1. The number of amides is 2. The molecule has 0 bridgehead atoms. The molecule has 2 rings (SSSR count). The number of thioether (sulfide) groups is 1. The van der Waals surface area contributed by atoms with Crippen LogP contribution in [0.5, 0.6) is 0 Å². The summed E-state index contributed by atoms with van der Waals surface area (Å²) in [7, 11) is 1.34. The molecule has 1 fully saturated rings. The lowest BCUT2D eigenvalue weighted by atomic mass is 10.2. The third-order valence-electron chi connectivity index (χ3n) is 4.33. The van der Waals surface area contributed by atoms with Gasteiger partial charge in [-0.15, -0.1) is 11.8 Å². The van der Waals surface area contributed by atoms with Crippen LogP contribution in [0.2, 0.25) is 0 Å². The minimum atomic E-state index is -0.411. The summed E-state index contributed by atoms with van der Waals surface area (Å²) in [5.41, 5.74) is 0.490. The van der Waals surface area contributed by atoms with Crippen molar-refractivity contribution in [3.05, 3.63) is 29.8 Å². The average Bonchev–Trinajstić information content (AvgIpc) is 3.14. The fourth-order valence-corrected chi connectivity index (χ4v) is 3.93. The summed E-state index contributed by atoms with van der Waals surface area (Å²) >= 11 is 1.28. The van der Waals surface area contributed by atoms with Gasteiger partial charge in [-0.2, -0.15) is 0 Å². The van der Waals surface area contributed by atoms with E-state index in [2.05, 4.69) is 10.6 Å². The Balaban J connectivity index is 1.84. The Bertz CT molecular complexity index is 644. The van der Waals surface area contributed by atoms with Crippen LogP contribution in [0.3, 0.4) is 0 Å². The highest BCUT2D eigenvalue weighted by Gasteiger charge is 2.20. The Morgan fingerprint density at radius 3 is 2.62 bits per heavy atom. The van der Waals surface area contributed by atoms with E-state index in [0.29, 0.717) is 10.5 Å². The van der Waals surface area contributed by atoms with Crippen LogP contribution in [0, 0.1) is 0 Å². The zero-order valence-corrected chi connectivity index (χ0v) is 16.1. The second-order valence-electron chi connectivity index (χ2n) is 6.33. The summed E-state index contributed by atoms with van der Waals surface area (Å²) < 4.78 is 4.73. The van der Waals surface area contributed by atoms with Crippen LogP contribution in [0.25, 0.3) is 0 Å². The van der Waals surface area contributed by atoms with Crippen molar-refractivity contribution in [2.45, 2.75) is 55.2 Å². The number of carbonyl (C=O) groups excluding carboxylic acids is 3. The van der Waals surface area contributed by atoms with Crippen LogP contribution in [-0.4, -0.2) is 42.7 Å². The van der Waals surface area contributed by atoms with Crippen molar-refractivity contribution in [3.8, 4) is 0 Å². The summed E-state index contributed by atoms with van der Waals surface area (Å²) in [5, 5.41) is 5.37. The Kier molecular flexibility index (Phi) is 7.97. The molecule has 6 nitrogen and oxygen atoms in total. The molecule has 2 amide bonds. The molecule has 142 valence electrons. The lowest BCUT2D eigenvalue weighted by Crippen LogP contribution is -2.35. The van der Waals surface area contributed by atoms with Crippen molar-refractivity contribution in [1.82, 2.24) is 10.6 Å². The van der Waals surface area contributed by atoms with Crippen LogP contribution in [0.4, 0.5) is 0 Å². The van der Waals surface area contributed by atoms with Crippen molar-refractivity contribution < 1.29 is 19.1 Å². The number of hydrogen-bond donors (Lipinski definition) is 2. The van der Waals surface area contributed by atoms with Crippen molar-refractivity contribution in [2.75, 3.05) is 13.7 Å². The molecule has 1 unspecified atom stereocenters. The van der Waals surface area contributed by atoms with E-state index in [9.17, 15) is 14.4 Å². The fourth-order valence-electron chi connectivity index (χ4n) is 2.92. The monoisotopic (exact) mass is 378 g/mol. The molecule has 2 N–H and O–H groups in total. The number of esters is 1. The average molecular weight is 378 g/mol. The molecule has 0 radical (unpaired) electrons. The summed E-state index contributed by atoms with van der Waals surface area (Å²) in [4.78, 5) is 36.7. The van der Waals surface area contributed by atoms with E-state index in [4.69, 9.17) is 4.74 Å². The summed E-state index contributed by atoms with van der Waals surface area (Å²) in [5.74, 6) is -0.619. The standard InChI is InChI=1S/C19H26N2O4S/c1-13(19(24)25-2)26-16-10-6-5-9-15(16)18(23)20-12-11-17(22)21-14-7-3-4-8-14/h5-6,9-10,13-14H,3-4,7-8,11-12H2,1-2H3,(H,20,23)(H,21,22). The normalized spacial score (nSPS) is 15.3. The van der Waals surface area contributed by atoms with Crippen LogP contribution in [0.1, 0.15) is 49.4 Å². The molecular formula is C19H26N2O4S. The topological polar surface area (TPSA) is 84.5 Å². The highest BCUT2D eigenvalue weighted by Crippen LogP contribution is 2.27. The molecule has 0 aliphatic heterocycles. The smallest absolute Gasteiger partial charge is 0.318 e. The van der Waals surface area contributed by atoms with Crippen molar-refractivity contribution in [2.24, 2.45) is 0 Å². The minimum Gasteiger partial charge on any atom is -0.468 e. The molecule has 1 aliphatic carbocycles. The third-order valence-corrected chi connectivity index (χ3v) is 5.48. The van der Waals surface area contributed by atoms with Crippen LogP contribution in [0.15, 0.2) is 29.2 Å². The molecule has 0 aromatic heterocycles. The van der Waals surface area contributed by atoms with Crippen molar-refractivity contribution in [1.29, 1.82) is 0 Å². The minimum absolute atomic E-state index is 0.0285. The summed E-state index contributed by atoms with van der Waals surface area (Å²) in [6.07, 6.45) is 4.68. The van der Waals surface area contributed by atoms with Gasteiger partial charge < -0.3 is 15.4 Å². The molecule has 0 saturated heterocycles. The third kappa shape index (κ3) is 6.05. The number of methoxy groups -OCH3 is 1. The molecule has 26 heavy (non-hydrogen) atoms. The maximum atomic E-state index is 12.4. The zero-order valence-electron chi connectivity index (χ0n) is 15.2. The van der Waals surface area contributed by atoms with Gasteiger partial charge in [-0.05, 0) is 31.9 Å². The number of carbonyl (C=O) groups is 3. The first-order chi connectivity index (χ1) is 12.5. The van der Waals surface area contributed by atoms with Crippen LogP contribution in [-0.2, 0) is 14.3 Å². The van der Waals surface area contributed by atoms with Gasteiger partial charge in [-0.1, -0.05) is 25.0 Å². The molecule has 1 atom stereocenters. The maximum Gasteiger partial charge on any atom is 0.318 e. The van der Waals surface area contributed by atoms with Gasteiger partial charge in [0.1, 0.15) is 5.25 Å². The SMILES string of the molecule is COC(=O)C(C)Sc1ccccc1C(=O)NCCC(=O)NC1CCCC1. The lowest BCUT2D eigenvalue weighted by Gasteiger charge is -2.14. The quantitative estimate of drug-likeness (QED) is 0.536. The predicted molar refractivity (Wildman–Crippen MR) is 101 cm³/mol. The zero-order chi connectivity index (χ0) is 18.9. The first-order valence-electron chi connectivity index (χ1n) is 8.92. The van der Waals surface area contributed by atoms with E-state index in [1.807, 2.05) is 6.07 Å². The molecule has 0 spiro atoms. The Morgan fingerprint density at radius 1 is 1.23 bits per heavy atom. The van der Waals surface area contributed by atoms with Gasteiger partial charge >= 0.3 is 5.97 Å². The first-order valence-corrected chi connectivity index (χ1v) is 9.80. The van der Waals surface area contributed by atoms with Crippen LogP contribution >= 0.6 is 11.8 Å². The Hall–Kier alpha value is -2.02. The molecule has 1 saturated carbocycles. The number of nitrogens with one attached hydrogen (secondary N) is 2. The van der Waals surface area contributed by atoms with Crippen molar-refractivity contribution in [3.63, 3.8) is 0 Å². The largest absolute Gasteiger partial charge is 0.468 e. The van der Waals surface area contributed by atoms with E-state index < -0.39 is 5.25 Å². The molecule has 7 heteroatoms. The maximum absolute atomic E-state index is 12.4. The Labute approximate surface area is 158 Å². The van der Waals surface area contributed by atoms with Gasteiger partial charge in [-0.25, -0.2) is 0 Å². The van der Waals surface area contributed by atoms with Crippen molar-refractivity contribution >= 4 is 29.5 Å².